The second-order valence-electron chi connectivity index (χ2n) is 8.82. The number of carbonyl (C=O) groups is 1. The first-order valence-electron chi connectivity index (χ1n) is 12.2. The van der Waals surface area contributed by atoms with Crippen molar-refractivity contribution in [1.29, 1.82) is 5.26 Å². The number of rotatable bonds is 5. The summed E-state index contributed by atoms with van der Waals surface area (Å²) in [6.45, 7) is 2.45. The zero-order valence-corrected chi connectivity index (χ0v) is 20.3. The second-order valence-corrected chi connectivity index (χ2v) is 8.82. The van der Waals surface area contributed by atoms with Gasteiger partial charge in [0, 0.05) is 30.5 Å². The van der Waals surface area contributed by atoms with Crippen LogP contribution in [0.4, 0.5) is 17.4 Å². The molecule has 1 amide bonds. The van der Waals surface area contributed by atoms with Crippen LogP contribution < -0.4 is 15.5 Å². The fourth-order valence-electron chi connectivity index (χ4n) is 4.58. The third kappa shape index (κ3) is 4.58. The molecule has 2 aliphatic rings. The van der Waals surface area contributed by atoms with Gasteiger partial charge in [-0.25, -0.2) is 4.98 Å². The molecule has 0 unspecified atom stereocenters. The molecule has 188 valence electrons. The van der Waals surface area contributed by atoms with Crippen molar-refractivity contribution in [3.05, 3.63) is 89.6 Å². The van der Waals surface area contributed by atoms with E-state index in [0.717, 1.165) is 28.1 Å². The Morgan fingerprint density at radius 1 is 1.05 bits per heavy atom. The SMILES string of the molecule is N#Cc1cnc(-c2nnc(N[C@H]3C=C(c4ccccc4)c4ccccc4NC3=O)o2)c(N2CCOCC2)c1. The maximum absolute atomic E-state index is 13.2. The molecular formula is C28H23N7O3. The van der Waals surface area contributed by atoms with E-state index in [0.29, 0.717) is 37.6 Å². The Morgan fingerprint density at radius 2 is 1.84 bits per heavy atom. The minimum absolute atomic E-state index is 0.0776. The van der Waals surface area contributed by atoms with Gasteiger partial charge in [0.1, 0.15) is 12.1 Å². The molecule has 2 aromatic carbocycles. The van der Waals surface area contributed by atoms with E-state index in [9.17, 15) is 10.1 Å². The molecule has 4 heterocycles. The highest BCUT2D eigenvalue weighted by Crippen LogP contribution is 2.34. The van der Waals surface area contributed by atoms with Crippen LogP contribution in [0, 0.1) is 11.3 Å². The summed E-state index contributed by atoms with van der Waals surface area (Å²) in [5, 5.41) is 23.8. The van der Waals surface area contributed by atoms with Crippen molar-refractivity contribution in [1.82, 2.24) is 15.2 Å². The summed E-state index contributed by atoms with van der Waals surface area (Å²) in [6, 6.07) is 20.7. The molecule has 2 N–H and O–H groups in total. The van der Waals surface area contributed by atoms with E-state index < -0.39 is 6.04 Å². The van der Waals surface area contributed by atoms with E-state index in [2.05, 4.69) is 36.8 Å². The third-order valence-corrected chi connectivity index (χ3v) is 6.43. The number of anilines is 3. The summed E-state index contributed by atoms with van der Waals surface area (Å²) in [4.78, 5) is 19.7. The number of ether oxygens (including phenoxy) is 1. The lowest BCUT2D eigenvalue weighted by molar-refractivity contribution is -0.116. The smallest absolute Gasteiger partial charge is 0.316 e. The van der Waals surface area contributed by atoms with E-state index in [-0.39, 0.29) is 17.8 Å². The minimum Gasteiger partial charge on any atom is -0.402 e. The largest absolute Gasteiger partial charge is 0.402 e. The lowest BCUT2D eigenvalue weighted by Crippen LogP contribution is -2.36. The van der Waals surface area contributed by atoms with Crippen molar-refractivity contribution in [2.24, 2.45) is 0 Å². The highest BCUT2D eigenvalue weighted by molar-refractivity contribution is 6.05. The molecule has 1 atom stereocenters. The van der Waals surface area contributed by atoms with Crippen molar-refractivity contribution in [3.63, 3.8) is 0 Å². The van der Waals surface area contributed by atoms with Gasteiger partial charge >= 0.3 is 6.01 Å². The topological polar surface area (TPSA) is 129 Å². The molecule has 38 heavy (non-hydrogen) atoms. The first-order chi connectivity index (χ1) is 18.7. The van der Waals surface area contributed by atoms with Gasteiger partial charge in [-0.3, -0.25) is 4.79 Å². The Bertz CT molecular complexity index is 1550. The fraction of sp³-hybridized carbons (Fsp3) is 0.179. The lowest BCUT2D eigenvalue weighted by atomic mass is 9.96. The lowest BCUT2D eigenvalue weighted by Gasteiger charge is -2.29. The van der Waals surface area contributed by atoms with Crippen LogP contribution in [0.15, 0.2) is 77.4 Å². The molecule has 1 saturated heterocycles. The quantitative estimate of drug-likeness (QED) is 0.417. The Labute approximate surface area is 218 Å². The Balaban J connectivity index is 1.33. The van der Waals surface area contributed by atoms with Crippen molar-refractivity contribution in [3.8, 4) is 17.7 Å². The summed E-state index contributed by atoms with van der Waals surface area (Å²) in [6.07, 6.45) is 3.33. The third-order valence-electron chi connectivity index (χ3n) is 6.43. The van der Waals surface area contributed by atoms with Crippen LogP contribution in [0.5, 0.6) is 0 Å². The summed E-state index contributed by atoms with van der Waals surface area (Å²) < 4.78 is 11.4. The van der Waals surface area contributed by atoms with E-state index in [1.54, 1.807) is 6.07 Å². The number of para-hydroxylation sites is 1. The highest BCUT2D eigenvalue weighted by Gasteiger charge is 2.27. The van der Waals surface area contributed by atoms with Crippen LogP contribution >= 0.6 is 0 Å². The van der Waals surface area contributed by atoms with Gasteiger partial charge in [0.25, 0.3) is 11.8 Å². The number of nitrogens with zero attached hydrogens (tertiary/aromatic N) is 5. The van der Waals surface area contributed by atoms with Gasteiger partial charge in [-0.05, 0) is 29.3 Å². The molecule has 0 saturated carbocycles. The van der Waals surface area contributed by atoms with Crippen molar-refractivity contribution >= 4 is 28.9 Å². The first-order valence-corrected chi connectivity index (χ1v) is 12.2. The molecule has 0 aliphatic carbocycles. The molecule has 1 fully saturated rings. The number of benzene rings is 2. The Morgan fingerprint density at radius 3 is 2.66 bits per heavy atom. The molecule has 0 spiro atoms. The van der Waals surface area contributed by atoms with Crippen molar-refractivity contribution in [2.75, 3.05) is 41.8 Å². The summed E-state index contributed by atoms with van der Waals surface area (Å²) in [5.41, 5.74) is 5.13. The normalized spacial score (nSPS) is 17.0. The standard InChI is InChI=1S/C28H23N7O3/c29-16-18-14-24(35-10-12-37-13-11-35)25(30-17-18)27-33-34-28(38-27)32-23-15-21(19-6-2-1-3-7-19)20-8-4-5-9-22(20)31-26(23)36/h1-9,14-15,17,23H,10-13H2,(H,31,36)(H,32,34)/t23-/m0/s1. The van der Waals surface area contributed by atoms with Crippen LogP contribution in [0.3, 0.4) is 0 Å². The monoisotopic (exact) mass is 505 g/mol. The number of aromatic nitrogens is 3. The van der Waals surface area contributed by atoms with Gasteiger partial charge < -0.3 is 24.7 Å². The maximum atomic E-state index is 13.2. The van der Waals surface area contributed by atoms with Gasteiger partial charge in [0.15, 0.2) is 5.69 Å². The van der Waals surface area contributed by atoms with Gasteiger partial charge in [0.05, 0.1) is 24.5 Å². The molecule has 6 rings (SSSR count). The van der Waals surface area contributed by atoms with Crippen LogP contribution in [-0.4, -0.2) is 53.4 Å². The average Bonchev–Trinajstić information content (AvgIpc) is 3.39. The number of morpholine rings is 1. The second kappa shape index (κ2) is 10.2. The van der Waals surface area contributed by atoms with Crippen molar-refractivity contribution < 1.29 is 13.9 Å². The highest BCUT2D eigenvalue weighted by atomic mass is 16.5. The zero-order valence-electron chi connectivity index (χ0n) is 20.3. The summed E-state index contributed by atoms with van der Waals surface area (Å²) in [7, 11) is 0. The number of carbonyl (C=O) groups excluding carboxylic acids is 1. The van der Waals surface area contributed by atoms with Gasteiger partial charge in [-0.2, -0.15) is 5.26 Å². The zero-order chi connectivity index (χ0) is 25.9. The van der Waals surface area contributed by atoms with Crippen LogP contribution in [0.1, 0.15) is 16.7 Å². The van der Waals surface area contributed by atoms with Gasteiger partial charge in [-0.15, -0.1) is 5.10 Å². The summed E-state index contributed by atoms with van der Waals surface area (Å²) in [5.74, 6) is -0.0725. The number of nitriles is 1. The number of amides is 1. The molecule has 0 bridgehead atoms. The Hall–Kier alpha value is -5.01. The maximum Gasteiger partial charge on any atom is 0.316 e. The van der Waals surface area contributed by atoms with Crippen LogP contribution in [0.2, 0.25) is 0 Å². The number of fused-ring (bicyclic) bond motifs is 1. The van der Waals surface area contributed by atoms with Gasteiger partial charge in [0.2, 0.25) is 0 Å². The number of hydrogen-bond donors (Lipinski definition) is 2. The van der Waals surface area contributed by atoms with Crippen LogP contribution in [0.25, 0.3) is 17.2 Å². The first kappa shape index (κ1) is 23.4. The Kier molecular flexibility index (Phi) is 6.25. The van der Waals surface area contributed by atoms with Gasteiger partial charge in [-0.1, -0.05) is 53.6 Å². The van der Waals surface area contributed by atoms with E-state index in [1.807, 2.05) is 60.7 Å². The van der Waals surface area contributed by atoms with E-state index in [4.69, 9.17) is 9.15 Å². The molecule has 10 nitrogen and oxygen atoms in total. The van der Waals surface area contributed by atoms with E-state index in [1.165, 1.54) is 6.20 Å². The van der Waals surface area contributed by atoms with Crippen molar-refractivity contribution in [2.45, 2.75) is 6.04 Å². The minimum atomic E-state index is -0.779. The predicted molar refractivity (Wildman–Crippen MR) is 141 cm³/mol. The molecule has 10 heteroatoms. The average molecular weight is 506 g/mol. The summed E-state index contributed by atoms with van der Waals surface area (Å²) >= 11 is 0. The molecule has 2 aromatic heterocycles. The molecule has 2 aliphatic heterocycles. The molecular weight excluding hydrogens is 482 g/mol. The fourth-order valence-corrected chi connectivity index (χ4v) is 4.58. The predicted octanol–water partition coefficient (Wildman–Crippen LogP) is 3.70. The molecule has 0 radical (unpaired) electrons. The number of hydrogen-bond acceptors (Lipinski definition) is 9. The number of nitrogens with one attached hydrogen (secondary N) is 2. The van der Waals surface area contributed by atoms with E-state index >= 15 is 0 Å². The number of pyridine rings is 1. The van der Waals surface area contributed by atoms with Crippen LogP contribution in [-0.2, 0) is 9.53 Å². The molecule has 4 aromatic rings.